The fourth-order valence-corrected chi connectivity index (χ4v) is 5.22. The van der Waals surface area contributed by atoms with Crippen molar-refractivity contribution in [2.75, 3.05) is 96.7 Å². The maximum atomic E-state index is 13.2. The van der Waals surface area contributed by atoms with Crippen LogP contribution in [0.25, 0.3) is 0 Å². The summed E-state index contributed by atoms with van der Waals surface area (Å²) in [4.78, 5) is 28.2. The van der Waals surface area contributed by atoms with Gasteiger partial charge >= 0.3 is 0 Å². The quantitative estimate of drug-likeness (QED) is 0.542. The predicted molar refractivity (Wildman–Crippen MR) is 136 cm³/mol. The van der Waals surface area contributed by atoms with Gasteiger partial charge in [0.2, 0.25) is 5.89 Å². The maximum absolute atomic E-state index is 13.2. The molecule has 0 saturated carbocycles. The van der Waals surface area contributed by atoms with E-state index in [2.05, 4.69) is 24.6 Å². The lowest BCUT2D eigenvalue weighted by atomic mass is 10.2. The van der Waals surface area contributed by atoms with Crippen LogP contribution < -0.4 is 4.90 Å². The Hall–Kier alpha value is -2.57. The van der Waals surface area contributed by atoms with Gasteiger partial charge in [0.05, 0.1) is 25.9 Å². The number of oxazole rings is 1. The smallest absolute Gasteiger partial charge is 0.275 e. The van der Waals surface area contributed by atoms with E-state index >= 15 is 0 Å². The van der Waals surface area contributed by atoms with Gasteiger partial charge in [0.15, 0.2) is 5.69 Å². The van der Waals surface area contributed by atoms with Gasteiger partial charge in [-0.2, -0.15) is 0 Å². The van der Waals surface area contributed by atoms with Crippen molar-refractivity contribution in [2.24, 2.45) is 0 Å². The minimum atomic E-state index is -0.359. The molecular formula is C26H37FN6O4. The highest BCUT2D eigenvalue weighted by atomic mass is 19.1. The minimum absolute atomic E-state index is 0.118. The van der Waals surface area contributed by atoms with Crippen molar-refractivity contribution in [1.82, 2.24) is 24.6 Å². The van der Waals surface area contributed by atoms with Crippen LogP contribution in [0.1, 0.15) is 16.4 Å². The molecule has 1 aromatic heterocycles. The zero-order valence-electron chi connectivity index (χ0n) is 21.3. The first kappa shape index (κ1) is 26.1. The number of ether oxygens (including phenoxy) is 1. The number of amides is 1. The molecule has 3 aliphatic rings. The highest BCUT2D eigenvalue weighted by Crippen LogP contribution is 2.18. The third-order valence-corrected chi connectivity index (χ3v) is 7.39. The summed E-state index contributed by atoms with van der Waals surface area (Å²) < 4.78 is 24.2. The van der Waals surface area contributed by atoms with Crippen molar-refractivity contribution >= 4 is 11.6 Å². The second-order valence-corrected chi connectivity index (χ2v) is 10.0. The Morgan fingerprint density at radius 2 is 1.51 bits per heavy atom. The monoisotopic (exact) mass is 516 g/mol. The molecule has 202 valence electrons. The lowest BCUT2D eigenvalue weighted by Crippen LogP contribution is -2.50. The number of carbonyl (C=O) groups is 1. The molecule has 37 heavy (non-hydrogen) atoms. The summed E-state index contributed by atoms with van der Waals surface area (Å²) in [5.74, 6) is 0.182. The van der Waals surface area contributed by atoms with Crippen molar-refractivity contribution in [3.63, 3.8) is 0 Å². The Kier molecular flexibility index (Phi) is 8.67. The molecule has 0 spiro atoms. The fraction of sp³-hybridized carbons (Fsp3) is 0.615. The van der Waals surface area contributed by atoms with E-state index in [9.17, 15) is 14.3 Å². The Bertz CT molecular complexity index is 999. The zero-order chi connectivity index (χ0) is 25.6. The van der Waals surface area contributed by atoms with Crippen LogP contribution in [0.3, 0.4) is 0 Å². The summed E-state index contributed by atoms with van der Waals surface area (Å²) in [6, 6.07) is 6.45. The standard InChI is InChI=1S/C26H37FN6O4/c27-21-1-3-22(4-2-21)32-9-11-33(12-10-32)26(35)24-20-37-25(28-24)19-30-7-5-29(6-8-30)17-23(34)18-31-13-15-36-16-14-31/h1-4,20,23,34H,5-19H2. The van der Waals surface area contributed by atoms with Crippen molar-refractivity contribution in [3.05, 3.63) is 47.9 Å². The summed E-state index contributed by atoms with van der Waals surface area (Å²) >= 11 is 0. The van der Waals surface area contributed by atoms with E-state index in [1.807, 2.05) is 0 Å². The summed E-state index contributed by atoms with van der Waals surface area (Å²) in [6.45, 7) is 11.2. The lowest BCUT2D eigenvalue weighted by molar-refractivity contribution is 0.00187. The molecule has 1 unspecified atom stereocenters. The molecule has 1 amide bonds. The van der Waals surface area contributed by atoms with E-state index < -0.39 is 0 Å². The first-order chi connectivity index (χ1) is 18.0. The molecule has 3 fully saturated rings. The van der Waals surface area contributed by atoms with E-state index in [1.165, 1.54) is 18.4 Å². The number of aliphatic hydroxyl groups is 1. The van der Waals surface area contributed by atoms with Crippen molar-refractivity contribution < 1.29 is 23.4 Å². The molecule has 0 bridgehead atoms. The SMILES string of the molecule is O=C(c1coc(CN2CCN(CC(O)CN3CCOCC3)CC2)n1)N1CCN(c2ccc(F)cc2)CC1. The molecule has 1 atom stereocenters. The van der Waals surface area contributed by atoms with E-state index in [4.69, 9.17) is 9.15 Å². The van der Waals surface area contributed by atoms with Crippen LogP contribution in [0.2, 0.25) is 0 Å². The van der Waals surface area contributed by atoms with E-state index in [0.717, 1.165) is 58.2 Å². The second kappa shape index (κ2) is 12.3. The van der Waals surface area contributed by atoms with Crippen LogP contribution in [-0.2, 0) is 11.3 Å². The van der Waals surface area contributed by atoms with Crippen molar-refractivity contribution in [2.45, 2.75) is 12.6 Å². The number of hydrogen-bond acceptors (Lipinski definition) is 9. The number of β-amino-alcohol motifs (C(OH)–C–C–N with tert-alkyl or cyclic N) is 1. The Balaban J connectivity index is 1.03. The van der Waals surface area contributed by atoms with Crippen LogP contribution in [-0.4, -0.2) is 133 Å². The fourth-order valence-electron chi connectivity index (χ4n) is 5.22. The number of morpholine rings is 1. The Morgan fingerprint density at radius 3 is 2.19 bits per heavy atom. The van der Waals surface area contributed by atoms with Gasteiger partial charge in [0.25, 0.3) is 5.91 Å². The van der Waals surface area contributed by atoms with Gasteiger partial charge < -0.3 is 24.1 Å². The van der Waals surface area contributed by atoms with E-state index in [0.29, 0.717) is 57.4 Å². The molecular weight excluding hydrogens is 479 g/mol. The normalized spacial score (nSPS) is 21.4. The number of anilines is 1. The van der Waals surface area contributed by atoms with Gasteiger partial charge in [-0.1, -0.05) is 0 Å². The van der Waals surface area contributed by atoms with Crippen molar-refractivity contribution in [3.8, 4) is 0 Å². The highest BCUT2D eigenvalue weighted by Gasteiger charge is 2.26. The van der Waals surface area contributed by atoms with Gasteiger partial charge in [0, 0.05) is 84.2 Å². The van der Waals surface area contributed by atoms with E-state index in [-0.39, 0.29) is 17.8 Å². The highest BCUT2D eigenvalue weighted by molar-refractivity contribution is 5.92. The third kappa shape index (κ3) is 7.05. The molecule has 1 N–H and O–H groups in total. The number of nitrogens with zero attached hydrogens (tertiary/aromatic N) is 6. The molecule has 11 heteroatoms. The van der Waals surface area contributed by atoms with Gasteiger partial charge in [-0.05, 0) is 24.3 Å². The maximum Gasteiger partial charge on any atom is 0.275 e. The molecule has 3 aliphatic heterocycles. The van der Waals surface area contributed by atoms with Gasteiger partial charge in [-0.3, -0.25) is 19.5 Å². The van der Waals surface area contributed by atoms with Crippen LogP contribution in [0, 0.1) is 5.82 Å². The van der Waals surface area contributed by atoms with Crippen LogP contribution in [0.4, 0.5) is 10.1 Å². The second-order valence-electron chi connectivity index (χ2n) is 10.0. The molecule has 0 aliphatic carbocycles. The zero-order valence-corrected chi connectivity index (χ0v) is 21.3. The average Bonchev–Trinajstić information content (AvgIpc) is 3.39. The number of benzene rings is 1. The summed E-state index contributed by atoms with van der Waals surface area (Å²) in [6.07, 6.45) is 1.10. The average molecular weight is 517 g/mol. The first-order valence-electron chi connectivity index (χ1n) is 13.2. The van der Waals surface area contributed by atoms with Crippen LogP contribution >= 0.6 is 0 Å². The van der Waals surface area contributed by atoms with Gasteiger partial charge in [0.1, 0.15) is 12.1 Å². The summed E-state index contributed by atoms with van der Waals surface area (Å²) in [5, 5.41) is 10.5. The van der Waals surface area contributed by atoms with E-state index in [1.54, 1.807) is 17.0 Å². The molecule has 0 radical (unpaired) electrons. The number of hydrogen-bond donors (Lipinski definition) is 1. The third-order valence-electron chi connectivity index (χ3n) is 7.39. The molecule has 1 aromatic carbocycles. The Labute approximate surface area is 217 Å². The molecule has 5 rings (SSSR count). The summed E-state index contributed by atoms with van der Waals surface area (Å²) in [5.41, 5.74) is 1.30. The van der Waals surface area contributed by atoms with Crippen LogP contribution in [0.5, 0.6) is 0 Å². The molecule has 3 saturated heterocycles. The van der Waals surface area contributed by atoms with Gasteiger partial charge in [-0.25, -0.2) is 9.37 Å². The largest absolute Gasteiger partial charge is 0.447 e. The lowest BCUT2D eigenvalue weighted by Gasteiger charge is -2.36. The number of piperazine rings is 2. The number of aliphatic hydroxyl groups excluding tert-OH is 1. The number of halogens is 1. The Morgan fingerprint density at radius 1 is 0.892 bits per heavy atom. The number of carbonyl (C=O) groups excluding carboxylic acids is 1. The molecule has 4 heterocycles. The predicted octanol–water partition coefficient (Wildman–Crippen LogP) is 0.587. The number of aromatic nitrogens is 1. The minimum Gasteiger partial charge on any atom is -0.447 e. The number of rotatable bonds is 8. The summed E-state index contributed by atoms with van der Waals surface area (Å²) in [7, 11) is 0. The molecule has 2 aromatic rings. The first-order valence-corrected chi connectivity index (χ1v) is 13.2. The van der Waals surface area contributed by atoms with Gasteiger partial charge in [-0.15, -0.1) is 0 Å². The van der Waals surface area contributed by atoms with Crippen LogP contribution in [0.15, 0.2) is 34.9 Å². The topological polar surface area (TPSA) is 88.8 Å². The molecule has 10 nitrogen and oxygen atoms in total. The van der Waals surface area contributed by atoms with Crippen molar-refractivity contribution in [1.29, 1.82) is 0 Å².